The first-order valence-electron chi connectivity index (χ1n) is 7.15. The van der Waals surface area contributed by atoms with Gasteiger partial charge in [-0.05, 0) is 24.1 Å². The number of benzene rings is 1. The van der Waals surface area contributed by atoms with E-state index in [4.69, 9.17) is 14.2 Å². The second-order valence-corrected chi connectivity index (χ2v) is 4.86. The molecule has 0 aliphatic heterocycles. The van der Waals surface area contributed by atoms with Crippen molar-refractivity contribution < 1.29 is 14.2 Å². The molecule has 0 aromatic heterocycles. The minimum absolute atomic E-state index is 0.532. The maximum Gasteiger partial charge on any atom is 0.0718 e. The van der Waals surface area contributed by atoms with E-state index >= 15 is 0 Å². The van der Waals surface area contributed by atoms with Crippen LogP contribution in [0.4, 0.5) is 0 Å². The zero-order valence-electron chi connectivity index (χ0n) is 12.9. The first-order chi connectivity index (χ1) is 9.77. The first kappa shape index (κ1) is 17.1. The third-order valence-corrected chi connectivity index (χ3v) is 3.13. The first-order valence-corrected chi connectivity index (χ1v) is 7.15. The summed E-state index contributed by atoms with van der Waals surface area (Å²) < 4.78 is 15.8. The fourth-order valence-electron chi connectivity index (χ4n) is 1.92. The lowest BCUT2D eigenvalue weighted by Gasteiger charge is -2.12. The van der Waals surface area contributed by atoms with E-state index in [1.807, 2.05) is 7.05 Å². The zero-order valence-corrected chi connectivity index (χ0v) is 12.9. The predicted molar refractivity (Wildman–Crippen MR) is 81.1 cm³/mol. The smallest absolute Gasteiger partial charge is 0.0718 e. The van der Waals surface area contributed by atoms with Crippen molar-refractivity contribution in [1.29, 1.82) is 0 Å². The van der Waals surface area contributed by atoms with Crippen molar-refractivity contribution in [2.75, 3.05) is 47.1 Å². The molecule has 1 atom stereocenters. The molecule has 1 aromatic rings. The summed E-state index contributed by atoms with van der Waals surface area (Å²) in [4.78, 5) is 0. The summed E-state index contributed by atoms with van der Waals surface area (Å²) >= 11 is 0. The molecule has 4 nitrogen and oxygen atoms in total. The monoisotopic (exact) mass is 281 g/mol. The maximum absolute atomic E-state index is 5.57. The quantitative estimate of drug-likeness (QED) is 0.631. The summed E-state index contributed by atoms with van der Waals surface area (Å²) in [5, 5.41) is 3.20. The van der Waals surface area contributed by atoms with Gasteiger partial charge in [0.2, 0.25) is 0 Å². The molecule has 1 unspecified atom stereocenters. The Labute approximate surface area is 122 Å². The largest absolute Gasteiger partial charge is 0.382 e. The van der Waals surface area contributed by atoms with Gasteiger partial charge in [-0.15, -0.1) is 0 Å². The fraction of sp³-hybridized carbons (Fsp3) is 0.625. The SMILES string of the molecule is CNCC(C)c1ccc(COCCOCCOC)cc1. The van der Waals surface area contributed by atoms with Gasteiger partial charge < -0.3 is 19.5 Å². The van der Waals surface area contributed by atoms with Gasteiger partial charge in [-0.25, -0.2) is 0 Å². The third-order valence-electron chi connectivity index (χ3n) is 3.13. The van der Waals surface area contributed by atoms with Crippen molar-refractivity contribution in [2.45, 2.75) is 19.4 Å². The molecular formula is C16H27NO3. The van der Waals surface area contributed by atoms with Crippen LogP contribution < -0.4 is 5.32 Å². The van der Waals surface area contributed by atoms with Gasteiger partial charge in [0.15, 0.2) is 0 Å². The van der Waals surface area contributed by atoms with Crippen molar-refractivity contribution in [3.05, 3.63) is 35.4 Å². The zero-order chi connectivity index (χ0) is 14.6. The van der Waals surface area contributed by atoms with E-state index in [0.717, 1.165) is 6.54 Å². The topological polar surface area (TPSA) is 39.7 Å². The number of methoxy groups -OCH3 is 1. The van der Waals surface area contributed by atoms with Crippen molar-refractivity contribution in [3.63, 3.8) is 0 Å². The standard InChI is InChI=1S/C16H27NO3/c1-14(12-17-2)16-6-4-15(5-7-16)13-20-11-10-19-9-8-18-3/h4-7,14,17H,8-13H2,1-3H3. The summed E-state index contributed by atoms with van der Waals surface area (Å²) in [6.45, 7) is 6.33. The highest BCUT2D eigenvalue weighted by Gasteiger charge is 2.03. The molecule has 1 aromatic carbocycles. The predicted octanol–water partition coefficient (Wildman–Crippen LogP) is 2.19. The summed E-state index contributed by atoms with van der Waals surface area (Å²) in [7, 11) is 3.65. The number of rotatable bonds is 11. The van der Waals surface area contributed by atoms with Gasteiger partial charge in [-0.2, -0.15) is 0 Å². The number of hydrogen-bond donors (Lipinski definition) is 1. The average molecular weight is 281 g/mol. The summed E-state index contributed by atoms with van der Waals surface area (Å²) in [6, 6.07) is 8.62. The van der Waals surface area contributed by atoms with Crippen LogP contribution in [0.15, 0.2) is 24.3 Å². The molecule has 0 fully saturated rings. The molecule has 0 bridgehead atoms. The lowest BCUT2D eigenvalue weighted by atomic mass is 10.00. The number of ether oxygens (including phenoxy) is 3. The molecule has 1 rings (SSSR count). The van der Waals surface area contributed by atoms with Crippen LogP contribution in [0.3, 0.4) is 0 Å². The molecule has 114 valence electrons. The average Bonchev–Trinajstić information content (AvgIpc) is 2.47. The molecule has 1 N–H and O–H groups in total. The van der Waals surface area contributed by atoms with Crippen LogP contribution in [0.5, 0.6) is 0 Å². The Morgan fingerprint density at radius 3 is 2.30 bits per heavy atom. The van der Waals surface area contributed by atoms with E-state index in [1.165, 1.54) is 11.1 Å². The Kier molecular flexibility index (Phi) is 9.24. The maximum atomic E-state index is 5.57. The van der Waals surface area contributed by atoms with Crippen molar-refractivity contribution >= 4 is 0 Å². The second-order valence-electron chi connectivity index (χ2n) is 4.86. The Bertz CT molecular complexity index is 340. The summed E-state index contributed by atoms with van der Waals surface area (Å²) in [6.07, 6.45) is 0. The van der Waals surface area contributed by atoms with E-state index in [0.29, 0.717) is 39.0 Å². The molecule has 0 aliphatic rings. The van der Waals surface area contributed by atoms with Crippen LogP contribution in [0.2, 0.25) is 0 Å². The number of likely N-dealkylation sites (N-methyl/N-ethyl adjacent to an activating group) is 1. The normalized spacial score (nSPS) is 12.6. The van der Waals surface area contributed by atoms with Gasteiger partial charge in [0.25, 0.3) is 0 Å². The van der Waals surface area contributed by atoms with Crippen molar-refractivity contribution in [1.82, 2.24) is 5.32 Å². The van der Waals surface area contributed by atoms with Gasteiger partial charge in [-0.3, -0.25) is 0 Å². The van der Waals surface area contributed by atoms with Crippen LogP contribution in [0.25, 0.3) is 0 Å². The molecule has 20 heavy (non-hydrogen) atoms. The fourth-order valence-corrected chi connectivity index (χ4v) is 1.92. The van der Waals surface area contributed by atoms with Crippen molar-refractivity contribution in [3.8, 4) is 0 Å². The number of hydrogen-bond acceptors (Lipinski definition) is 4. The second kappa shape index (κ2) is 10.8. The molecule has 0 saturated carbocycles. The van der Waals surface area contributed by atoms with Gasteiger partial charge in [0.1, 0.15) is 0 Å². The molecule has 0 heterocycles. The Balaban J connectivity index is 2.18. The van der Waals surface area contributed by atoms with Gasteiger partial charge in [-0.1, -0.05) is 31.2 Å². The highest BCUT2D eigenvalue weighted by atomic mass is 16.5. The lowest BCUT2D eigenvalue weighted by Crippen LogP contribution is -2.14. The Hall–Kier alpha value is -0.940. The van der Waals surface area contributed by atoms with Crippen LogP contribution >= 0.6 is 0 Å². The molecule has 4 heteroatoms. The van der Waals surface area contributed by atoms with Crippen LogP contribution in [0.1, 0.15) is 24.0 Å². The van der Waals surface area contributed by atoms with Crippen molar-refractivity contribution in [2.24, 2.45) is 0 Å². The minimum atomic E-state index is 0.532. The summed E-state index contributed by atoms with van der Waals surface area (Å²) in [5.41, 5.74) is 2.55. The highest BCUT2D eigenvalue weighted by Crippen LogP contribution is 2.15. The van der Waals surface area contributed by atoms with Crippen LogP contribution in [-0.2, 0) is 20.8 Å². The van der Waals surface area contributed by atoms with Crippen LogP contribution in [0, 0.1) is 0 Å². The Morgan fingerprint density at radius 1 is 1.00 bits per heavy atom. The Morgan fingerprint density at radius 2 is 1.65 bits per heavy atom. The van der Waals surface area contributed by atoms with Crippen LogP contribution in [-0.4, -0.2) is 47.1 Å². The van der Waals surface area contributed by atoms with E-state index in [2.05, 4.69) is 36.5 Å². The highest BCUT2D eigenvalue weighted by molar-refractivity contribution is 5.24. The molecular weight excluding hydrogens is 254 g/mol. The van der Waals surface area contributed by atoms with Gasteiger partial charge >= 0.3 is 0 Å². The molecule has 0 spiro atoms. The van der Waals surface area contributed by atoms with E-state index in [9.17, 15) is 0 Å². The van der Waals surface area contributed by atoms with E-state index < -0.39 is 0 Å². The molecule has 0 radical (unpaired) electrons. The van der Waals surface area contributed by atoms with E-state index in [1.54, 1.807) is 7.11 Å². The molecule has 0 saturated heterocycles. The summed E-state index contributed by atoms with van der Waals surface area (Å²) in [5.74, 6) is 0.532. The molecule has 0 amide bonds. The molecule has 0 aliphatic carbocycles. The lowest BCUT2D eigenvalue weighted by molar-refractivity contribution is 0.0199. The van der Waals surface area contributed by atoms with Gasteiger partial charge in [0, 0.05) is 13.7 Å². The minimum Gasteiger partial charge on any atom is -0.382 e. The van der Waals surface area contributed by atoms with E-state index in [-0.39, 0.29) is 0 Å². The third kappa shape index (κ3) is 7.01. The van der Waals surface area contributed by atoms with Gasteiger partial charge in [0.05, 0.1) is 33.0 Å². The number of nitrogens with one attached hydrogen (secondary N) is 1.